The summed E-state index contributed by atoms with van der Waals surface area (Å²) in [6.07, 6.45) is 3.41. The fourth-order valence-corrected chi connectivity index (χ4v) is 2.28. The average Bonchev–Trinajstić information content (AvgIpc) is 2.38. The largest absolute Gasteiger partial charge is 0.384 e. The molecule has 2 rings (SSSR count). The van der Waals surface area contributed by atoms with Gasteiger partial charge in [-0.15, -0.1) is 12.4 Å². The van der Waals surface area contributed by atoms with Crippen LogP contribution < -0.4 is 5.73 Å². The summed E-state index contributed by atoms with van der Waals surface area (Å²) in [6, 6.07) is 5.19. The normalized spacial score (nSPS) is 16.2. The molecule has 5 heteroatoms. The third kappa shape index (κ3) is 3.35. The Bertz CT molecular complexity index is 403. The first-order valence-electron chi connectivity index (χ1n) is 6.22. The molecule has 0 atom stereocenters. The van der Waals surface area contributed by atoms with Gasteiger partial charge in [-0.05, 0) is 30.9 Å². The molecule has 1 aromatic heterocycles. The van der Waals surface area contributed by atoms with E-state index in [0.717, 1.165) is 31.8 Å². The van der Waals surface area contributed by atoms with Crippen LogP contribution in [0.15, 0.2) is 18.2 Å². The lowest BCUT2D eigenvalue weighted by Gasteiger charge is -2.31. The fraction of sp³-hybridized carbons (Fsp3) is 0.538. The van der Waals surface area contributed by atoms with Gasteiger partial charge in [0.15, 0.2) is 0 Å². The van der Waals surface area contributed by atoms with Crippen molar-refractivity contribution in [3.05, 3.63) is 23.9 Å². The fourth-order valence-electron chi connectivity index (χ4n) is 2.28. The number of nitrogens with zero attached hydrogens (tertiary/aromatic N) is 2. The second kappa shape index (κ2) is 6.59. The molecule has 0 radical (unpaired) electrons. The number of pyridine rings is 1. The molecule has 0 aliphatic carbocycles. The van der Waals surface area contributed by atoms with Gasteiger partial charge in [0.1, 0.15) is 11.5 Å². The predicted molar refractivity (Wildman–Crippen MR) is 74.8 cm³/mol. The van der Waals surface area contributed by atoms with Crippen molar-refractivity contribution in [1.29, 1.82) is 0 Å². The van der Waals surface area contributed by atoms with Crippen LogP contribution in [0.1, 0.15) is 36.7 Å². The minimum absolute atomic E-state index is 0. The number of anilines is 1. The van der Waals surface area contributed by atoms with Crippen molar-refractivity contribution in [2.45, 2.75) is 26.2 Å². The Balaban J connectivity index is 0.00000162. The zero-order valence-corrected chi connectivity index (χ0v) is 11.4. The number of amides is 1. The summed E-state index contributed by atoms with van der Waals surface area (Å²) in [5, 5.41) is 0. The van der Waals surface area contributed by atoms with Crippen LogP contribution in [-0.2, 0) is 0 Å². The van der Waals surface area contributed by atoms with E-state index in [4.69, 9.17) is 5.73 Å². The molecule has 1 amide bonds. The van der Waals surface area contributed by atoms with Gasteiger partial charge in [-0.25, -0.2) is 4.98 Å². The van der Waals surface area contributed by atoms with Gasteiger partial charge < -0.3 is 10.6 Å². The standard InChI is InChI=1S/C13H19N3O.ClH/c1-2-10-6-8-16(9-7-10)13(17)11-4-3-5-12(14)15-11;/h3-5,10H,2,6-9H2,1H3,(H2,14,15);1H. The molecule has 4 nitrogen and oxygen atoms in total. The van der Waals surface area contributed by atoms with Crippen molar-refractivity contribution in [1.82, 2.24) is 9.88 Å². The van der Waals surface area contributed by atoms with E-state index in [1.807, 2.05) is 4.90 Å². The third-order valence-electron chi connectivity index (χ3n) is 3.47. The number of piperidine rings is 1. The lowest BCUT2D eigenvalue weighted by Crippen LogP contribution is -2.38. The van der Waals surface area contributed by atoms with E-state index in [2.05, 4.69) is 11.9 Å². The Morgan fingerprint density at radius 2 is 2.11 bits per heavy atom. The molecule has 1 aliphatic rings. The topological polar surface area (TPSA) is 59.2 Å². The third-order valence-corrected chi connectivity index (χ3v) is 3.47. The molecule has 2 N–H and O–H groups in total. The van der Waals surface area contributed by atoms with Crippen LogP contribution in [0.3, 0.4) is 0 Å². The number of nitrogens with two attached hydrogens (primary N) is 1. The highest BCUT2D eigenvalue weighted by molar-refractivity contribution is 5.92. The Morgan fingerprint density at radius 1 is 1.44 bits per heavy atom. The number of aromatic nitrogens is 1. The van der Waals surface area contributed by atoms with Gasteiger partial charge in [0.25, 0.3) is 5.91 Å². The van der Waals surface area contributed by atoms with E-state index in [1.54, 1.807) is 18.2 Å². The lowest BCUT2D eigenvalue weighted by atomic mass is 9.94. The smallest absolute Gasteiger partial charge is 0.272 e. The van der Waals surface area contributed by atoms with Gasteiger partial charge in [0.05, 0.1) is 0 Å². The summed E-state index contributed by atoms with van der Waals surface area (Å²) in [4.78, 5) is 18.1. The first kappa shape index (κ1) is 14.8. The molecule has 18 heavy (non-hydrogen) atoms. The Kier molecular flexibility index (Phi) is 5.41. The molecule has 0 saturated carbocycles. The number of likely N-dealkylation sites (tertiary alicyclic amines) is 1. The Hall–Kier alpha value is -1.29. The van der Waals surface area contributed by atoms with Crippen LogP contribution in [0.2, 0.25) is 0 Å². The molecule has 1 fully saturated rings. The van der Waals surface area contributed by atoms with Crippen LogP contribution in [0.5, 0.6) is 0 Å². The van der Waals surface area contributed by atoms with Gasteiger partial charge in [-0.3, -0.25) is 4.79 Å². The van der Waals surface area contributed by atoms with E-state index in [1.165, 1.54) is 6.42 Å². The van der Waals surface area contributed by atoms with Gasteiger partial charge >= 0.3 is 0 Å². The van der Waals surface area contributed by atoms with Gasteiger partial charge in [0.2, 0.25) is 0 Å². The lowest BCUT2D eigenvalue weighted by molar-refractivity contribution is 0.0683. The maximum atomic E-state index is 12.2. The predicted octanol–water partition coefficient (Wildman–Crippen LogP) is 2.35. The van der Waals surface area contributed by atoms with Crippen LogP contribution in [0.25, 0.3) is 0 Å². The Morgan fingerprint density at radius 3 is 2.67 bits per heavy atom. The molecule has 1 saturated heterocycles. The van der Waals surface area contributed by atoms with Crippen LogP contribution in [0.4, 0.5) is 5.82 Å². The van der Waals surface area contributed by atoms with E-state index in [-0.39, 0.29) is 18.3 Å². The van der Waals surface area contributed by atoms with Crippen molar-refractivity contribution >= 4 is 24.1 Å². The maximum Gasteiger partial charge on any atom is 0.272 e. The SMILES string of the molecule is CCC1CCN(C(=O)c2cccc(N)n2)CC1.Cl. The highest BCUT2D eigenvalue weighted by Gasteiger charge is 2.23. The van der Waals surface area contributed by atoms with Crippen molar-refractivity contribution < 1.29 is 4.79 Å². The summed E-state index contributed by atoms with van der Waals surface area (Å²) < 4.78 is 0. The molecule has 1 aromatic rings. The number of hydrogen-bond donors (Lipinski definition) is 1. The molecule has 1 aliphatic heterocycles. The molecule has 2 heterocycles. The zero-order valence-electron chi connectivity index (χ0n) is 10.6. The summed E-state index contributed by atoms with van der Waals surface area (Å²) in [7, 11) is 0. The molecule has 0 bridgehead atoms. The minimum Gasteiger partial charge on any atom is -0.384 e. The molecule has 0 spiro atoms. The highest BCUT2D eigenvalue weighted by atomic mass is 35.5. The maximum absolute atomic E-state index is 12.2. The molecule has 0 aromatic carbocycles. The molecule has 0 unspecified atom stereocenters. The number of nitrogen functional groups attached to an aromatic ring is 1. The quantitative estimate of drug-likeness (QED) is 0.897. The van der Waals surface area contributed by atoms with Crippen LogP contribution in [-0.4, -0.2) is 28.9 Å². The van der Waals surface area contributed by atoms with Crippen LogP contribution in [0, 0.1) is 5.92 Å². The van der Waals surface area contributed by atoms with Gasteiger partial charge in [0, 0.05) is 13.1 Å². The van der Waals surface area contributed by atoms with Crippen LogP contribution >= 0.6 is 12.4 Å². The first-order valence-corrected chi connectivity index (χ1v) is 6.22. The average molecular weight is 270 g/mol. The van der Waals surface area contributed by atoms with Gasteiger partial charge in [-0.1, -0.05) is 19.4 Å². The van der Waals surface area contributed by atoms with Gasteiger partial charge in [-0.2, -0.15) is 0 Å². The number of halogens is 1. The zero-order chi connectivity index (χ0) is 12.3. The van der Waals surface area contributed by atoms with E-state index >= 15 is 0 Å². The van der Waals surface area contributed by atoms with E-state index in [9.17, 15) is 4.79 Å². The van der Waals surface area contributed by atoms with Crippen molar-refractivity contribution in [3.63, 3.8) is 0 Å². The number of hydrogen-bond acceptors (Lipinski definition) is 3. The molecule has 100 valence electrons. The first-order chi connectivity index (χ1) is 8.20. The second-order valence-corrected chi connectivity index (χ2v) is 4.59. The van der Waals surface area contributed by atoms with Crippen molar-refractivity contribution in [2.75, 3.05) is 18.8 Å². The number of carbonyl (C=O) groups excluding carboxylic acids is 1. The molecular weight excluding hydrogens is 250 g/mol. The summed E-state index contributed by atoms with van der Waals surface area (Å²) >= 11 is 0. The van der Waals surface area contributed by atoms with E-state index < -0.39 is 0 Å². The summed E-state index contributed by atoms with van der Waals surface area (Å²) in [6.45, 7) is 3.89. The molecular formula is C13H20ClN3O. The highest BCUT2D eigenvalue weighted by Crippen LogP contribution is 2.21. The summed E-state index contributed by atoms with van der Waals surface area (Å²) in [5.41, 5.74) is 6.05. The number of carbonyl (C=O) groups is 1. The van der Waals surface area contributed by atoms with Crippen molar-refractivity contribution in [3.8, 4) is 0 Å². The van der Waals surface area contributed by atoms with Crippen molar-refractivity contribution in [2.24, 2.45) is 5.92 Å². The van der Waals surface area contributed by atoms with E-state index in [0.29, 0.717) is 11.5 Å². The Labute approximate surface area is 114 Å². The number of rotatable bonds is 2. The minimum atomic E-state index is 0. The second-order valence-electron chi connectivity index (χ2n) is 4.59. The summed E-state index contributed by atoms with van der Waals surface area (Å²) in [5.74, 6) is 1.18. The monoisotopic (exact) mass is 269 g/mol.